The Balaban J connectivity index is 1.92. The minimum absolute atomic E-state index is 0.0348. The first-order chi connectivity index (χ1) is 12.4. The van der Waals surface area contributed by atoms with Gasteiger partial charge in [0.1, 0.15) is 0 Å². The van der Waals surface area contributed by atoms with Gasteiger partial charge in [-0.05, 0) is 30.5 Å². The highest BCUT2D eigenvalue weighted by Crippen LogP contribution is 2.28. The Hall–Kier alpha value is -2.22. The van der Waals surface area contributed by atoms with E-state index in [-0.39, 0.29) is 17.1 Å². The van der Waals surface area contributed by atoms with Gasteiger partial charge in [-0.1, -0.05) is 48.0 Å². The number of nitro benzene ring substituents is 1. The molecular formula is C18H17ClN2O4S. The van der Waals surface area contributed by atoms with Crippen LogP contribution in [0.2, 0.25) is 0 Å². The molecule has 0 fully saturated rings. The molecule has 2 aromatic carbocycles. The third kappa shape index (κ3) is 3.95. The molecule has 0 N–H and O–H groups in total. The topological polar surface area (TPSA) is 80.5 Å². The molecule has 1 aliphatic rings. The molecule has 1 atom stereocenters. The Morgan fingerprint density at radius 1 is 1.12 bits per heavy atom. The second-order valence-electron chi connectivity index (χ2n) is 5.99. The van der Waals surface area contributed by atoms with E-state index in [9.17, 15) is 18.5 Å². The number of hydrogen-bond acceptors (Lipinski definition) is 4. The highest BCUT2D eigenvalue weighted by molar-refractivity contribution is 7.89. The Morgan fingerprint density at radius 2 is 1.77 bits per heavy atom. The monoisotopic (exact) mass is 392 g/mol. The van der Waals surface area contributed by atoms with Crippen molar-refractivity contribution in [1.29, 1.82) is 0 Å². The maximum atomic E-state index is 13.1. The van der Waals surface area contributed by atoms with Crippen LogP contribution in [0.3, 0.4) is 0 Å². The molecule has 26 heavy (non-hydrogen) atoms. The fourth-order valence-corrected chi connectivity index (χ4v) is 4.75. The van der Waals surface area contributed by atoms with Gasteiger partial charge in [-0.25, -0.2) is 8.42 Å². The lowest BCUT2D eigenvalue weighted by Gasteiger charge is -2.32. The fraction of sp³-hybridized carbons (Fsp3) is 0.222. The van der Waals surface area contributed by atoms with Crippen LogP contribution in [0.15, 0.2) is 70.6 Å². The quantitative estimate of drug-likeness (QED) is 0.573. The number of sulfonamides is 1. The number of nitrogens with zero attached hydrogens (tertiary/aromatic N) is 2. The van der Waals surface area contributed by atoms with E-state index in [0.29, 0.717) is 17.9 Å². The average molecular weight is 393 g/mol. The number of hydrogen-bond donors (Lipinski definition) is 0. The van der Waals surface area contributed by atoms with E-state index in [2.05, 4.69) is 0 Å². The summed E-state index contributed by atoms with van der Waals surface area (Å²) in [5.41, 5.74) is 0.857. The lowest BCUT2D eigenvalue weighted by atomic mass is 10.0. The molecule has 1 heterocycles. The zero-order valence-corrected chi connectivity index (χ0v) is 15.4. The van der Waals surface area contributed by atoms with Crippen LogP contribution in [0, 0.1) is 10.1 Å². The Labute approximate surface area is 156 Å². The maximum Gasteiger partial charge on any atom is 0.269 e. The minimum atomic E-state index is -3.79. The third-order valence-electron chi connectivity index (χ3n) is 4.26. The first kappa shape index (κ1) is 18.6. The van der Waals surface area contributed by atoms with Gasteiger partial charge in [0.15, 0.2) is 0 Å². The minimum Gasteiger partial charge on any atom is -0.258 e. The van der Waals surface area contributed by atoms with E-state index in [1.807, 2.05) is 30.3 Å². The molecule has 0 aliphatic carbocycles. The molecule has 0 amide bonds. The maximum absolute atomic E-state index is 13.1. The van der Waals surface area contributed by atoms with Crippen molar-refractivity contribution in [2.75, 3.05) is 6.54 Å². The molecule has 0 bridgehead atoms. The Kier molecular flexibility index (Phi) is 5.41. The van der Waals surface area contributed by atoms with Gasteiger partial charge in [0.05, 0.1) is 9.82 Å². The summed E-state index contributed by atoms with van der Waals surface area (Å²) in [7, 11) is -3.79. The molecule has 2 aromatic rings. The van der Waals surface area contributed by atoms with Gasteiger partial charge in [0, 0.05) is 29.8 Å². The van der Waals surface area contributed by atoms with Gasteiger partial charge in [-0.2, -0.15) is 4.31 Å². The molecule has 0 saturated carbocycles. The summed E-state index contributed by atoms with van der Waals surface area (Å²) in [5, 5.41) is 11.4. The molecule has 1 unspecified atom stereocenters. The standard InChI is InChI=1S/C18H17ClN2O4S/c19-15-10-11-20(17(13-15)12-14-4-2-1-3-5-14)26(24,25)18-8-6-16(7-9-18)21(22)23/h1-9,13,17H,10-12H2. The summed E-state index contributed by atoms with van der Waals surface area (Å²) in [5.74, 6) is 0. The highest BCUT2D eigenvalue weighted by Gasteiger charge is 2.33. The summed E-state index contributed by atoms with van der Waals surface area (Å²) in [6.07, 6.45) is 2.71. The number of non-ortho nitro benzene ring substituents is 1. The second kappa shape index (κ2) is 7.57. The number of halogens is 1. The Morgan fingerprint density at radius 3 is 2.38 bits per heavy atom. The van der Waals surface area contributed by atoms with Crippen LogP contribution in [0.1, 0.15) is 12.0 Å². The summed E-state index contributed by atoms with van der Waals surface area (Å²) >= 11 is 6.16. The van der Waals surface area contributed by atoms with Crippen molar-refractivity contribution < 1.29 is 13.3 Å². The molecule has 0 radical (unpaired) electrons. The predicted octanol–water partition coefficient (Wildman–Crippen LogP) is 3.72. The van der Waals surface area contributed by atoms with Crippen molar-refractivity contribution in [3.05, 3.63) is 81.4 Å². The lowest BCUT2D eigenvalue weighted by Crippen LogP contribution is -2.43. The average Bonchev–Trinajstić information content (AvgIpc) is 2.62. The van der Waals surface area contributed by atoms with Gasteiger partial charge in [-0.15, -0.1) is 0 Å². The zero-order chi connectivity index (χ0) is 18.7. The summed E-state index contributed by atoms with van der Waals surface area (Å²) in [6.45, 7) is 0.270. The summed E-state index contributed by atoms with van der Waals surface area (Å²) < 4.78 is 27.5. The van der Waals surface area contributed by atoms with E-state index in [0.717, 1.165) is 5.56 Å². The molecule has 6 nitrogen and oxygen atoms in total. The van der Waals surface area contributed by atoms with Crippen LogP contribution in [0.5, 0.6) is 0 Å². The fourth-order valence-electron chi connectivity index (χ4n) is 2.95. The van der Waals surface area contributed by atoms with Crippen LogP contribution in [0.4, 0.5) is 5.69 Å². The number of rotatable bonds is 5. The molecule has 1 aliphatic heterocycles. The molecule has 0 aromatic heterocycles. The van der Waals surface area contributed by atoms with Crippen LogP contribution in [-0.2, 0) is 16.4 Å². The van der Waals surface area contributed by atoms with Gasteiger partial charge in [0.25, 0.3) is 5.69 Å². The van der Waals surface area contributed by atoms with Gasteiger partial charge < -0.3 is 0 Å². The molecule has 0 spiro atoms. The van der Waals surface area contributed by atoms with E-state index in [4.69, 9.17) is 11.6 Å². The zero-order valence-electron chi connectivity index (χ0n) is 13.8. The van der Waals surface area contributed by atoms with E-state index >= 15 is 0 Å². The molecule has 136 valence electrons. The van der Waals surface area contributed by atoms with Crippen molar-refractivity contribution in [3.63, 3.8) is 0 Å². The summed E-state index contributed by atoms with van der Waals surface area (Å²) in [4.78, 5) is 10.3. The van der Waals surface area contributed by atoms with E-state index in [1.165, 1.54) is 28.6 Å². The van der Waals surface area contributed by atoms with E-state index < -0.39 is 21.0 Å². The van der Waals surface area contributed by atoms with Crippen molar-refractivity contribution in [3.8, 4) is 0 Å². The molecule has 0 saturated heterocycles. The van der Waals surface area contributed by atoms with Gasteiger partial charge in [-0.3, -0.25) is 10.1 Å². The van der Waals surface area contributed by atoms with Crippen LogP contribution in [0.25, 0.3) is 0 Å². The highest BCUT2D eigenvalue weighted by atomic mass is 35.5. The first-order valence-corrected chi connectivity index (χ1v) is 9.86. The number of benzene rings is 2. The number of nitro groups is 1. The van der Waals surface area contributed by atoms with Crippen molar-refractivity contribution >= 4 is 27.3 Å². The molecule has 8 heteroatoms. The lowest BCUT2D eigenvalue weighted by molar-refractivity contribution is -0.384. The van der Waals surface area contributed by atoms with Crippen LogP contribution < -0.4 is 0 Å². The van der Waals surface area contributed by atoms with Crippen molar-refractivity contribution in [1.82, 2.24) is 4.31 Å². The largest absolute Gasteiger partial charge is 0.269 e. The third-order valence-corrected chi connectivity index (χ3v) is 6.51. The van der Waals surface area contributed by atoms with Crippen molar-refractivity contribution in [2.24, 2.45) is 0 Å². The van der Waals surface area contributed by atoms with Crippen molar-refractivity contribution in [2.45, 2.75) is 23.8 Å². The van der Waals surface area contributed by atoms with E-state index in [1.54, 1.807) is 6.08 Å². The van der Waals surface area contributed by atoms with Gasteiger partial charge >= 0.3 is 0 Å². The smallest absolute Gasteiger partial charge is 0.258 e. The SMILES string of the molecule is O=[N+]([O-])c1ccc(S(=O)(=O)N2CCC(Cl)=CC2Cc2ccccc2)cc1. The molecular weight excluding hydrogens is 376 g/mol. The normalized spacial score (nSPS) is 18.3. The van der Waals surface area contributed by atoms with Gasteiger partial charge in [0.2, 0.25) is 10.0 Å². The Bertz CT molecular complexity index is 927. The summed E-state index contributed by atoms with van der Waals surface area (Å²) in [6, 6.07) is 14.1. The van der Waals surface area contributed by atoms with Crippen LogP contribution >= 0.6 is 11.6 Å². The predicted molar refractivity (Wildman–Crippen MR) is 99.5 cm³/mol. The second-order valence-corrected chi connectivity index (χ2v) is 8.36. The van der Waals surface area contributed by atoms with Crippen LogP contribution in [-0.4, -0.2) is 30.2 Å². The first-order valence-electron chi connectivity index (χ1n) is 8.04. The molecule has 3 rings (SSSR count).